The monoisotopic (exact) mass is 267 g/mol. The Balaban J connectivity index is 2.88. The van der Waals surface area contributed by atoms with Gasteiger partial charge in [-0.25, -0.2) is 4.79 Å². The number of rotatable bonds is 7. The summed E-state index contributed by atoms with van der Waals surface area (Å²) in [6.45, 7) is 0.285. The SMILES string of the molecule is NC(=O)CCCNc1cccc(C(=O)O)c1[N+](=O)[O-]. The topological polar surface area (TPSA) is 136 Å². The summed E-state index contributed by atoms with van der Waals surface area (Å²) >= 11 is 0. The van der Waals surface area contributed by atoms with Gasteiger partial charge in [-0.1, -0.05) is 6.07 Å². The van der Waals surface area contributed by atoms with Crippen molar-refractivity contribution in [2.24, 2.45) is 5.73 Å². The van der Waals surface area contributed by atoms with Crippen LogP contribution < -0.4 is 11.1 Å². The third-order valence-corrected chi connectivity index (χ3v) is 2.36. The summed E-state index contributed by atoms with van der Waals surface area (Å²) in [6, 6.07) is 3.98. The Morgan fingerprint density at radius 3 is 2.63 bits per heavy atom. The molecule has 8 nitrogen and oxygen atoms in total. The summed E-state index contributed by atoms with van der Waals surface area (Å²) in [7, 11) is 0. The van der Waals surface area contributed by atoms with Crippen LogP contribution in [0, 0.1) is 10.1 Å². The normalized spacial score (nSPS) is 9.89. The van der Waals surface area contributed by atoms with Crippen molar-refractivity contribution in [3.8, 4) is 0 Å². The standard InChI is InChI=1S/C11H13N3O5/c12-9(15)5-2-6-13-8-4-1-3-7(11(16)17)10(8)14(18)19/h1,3-4,13H,2,5-6H2,(H2,12,15)(H,16,17). The lowest BCUT2D eigenvalue weighted by atomic mass is 10.1. The van der Waals surface area contributed by atoms with E-state index in [0.29, 0.717) is 6.42 Å². The largest absolute Gasteiger partial charge is 0.477 e. The molecule has 1 aromatic rings. The molecule has 0 aromatic heterocycles. The highest BCUT2D eigenvalue weighted by molar-refractivity contribution is 5.95. The summed E-state index contributed by atoms with van der Waals surface area (Å²) < 4.78 is 0. The first-order valence-corrected chi connectivity index (χ1v) is 5.46. The van der Waals surface area contributed by atoms with Crippen LogP contribution in [0.15, 0.2) is 18.2 Å². The summed E-state index contributed by atoms with van der Waals surface area (Å²) in [5.41, 5.74) is 4.19. The van der Waals surface area contributed by atoms with Gasteiger partial charge >= 0.3 is 11.7 Å². The Morgan fingerprint density at radius 1 is 1.42 bits per heavy atom. The Hall–Kier alpha value is -2.64. The van der Waals surface area contributed by atoms with E-state index >= 15 is 0 Å². The molecule has 8 heteroatoms. The minimum absolute atomic E-state index is 0.106. The van der Waals surface area contributed by atoms with E-state index in [4.69, 9.17) is 10.8 Å². The van der Waals surface area contributed by atoms with E-state index in [9.17, 15) is 19.7 Å². The first-order valence-electron chi connectivity index (χ1n) is 5.46. The van der Waals surface area contributed by atoms with E-state index in [1.807, 2.05) is 0 Å². The molecule has 0 fully saturated rings. The molecule has 0 aliphatic carbocycles. The maximum absolute atomic E-state index is 10.9. The van der Waals surface area contributed by atoms with Gasteiger partial charge in [-0.05, 0) is 18.6 Å². The lowest BCUT2D eigenvalue weighted by Gasteiger charge is -2.07. The number of nitrogens with zero attached hydrogens (tertiary/aromatic N) is 1. The summed E-state index contributed by atoms with van der Waals surface area (Å²) in [6.07, 6.45) is 0.559. The van der Waals surface area contributed by atoms with Crippen LogP contribution in [0.2, 0.25) is 0 Å². The Kier molecular flexibility index (Phi) is 4.81. The Labute approximate surface area is 108 Å². The van der Waals surface area contributed by atoms with Gasteiger partial charge in [-0.15, -0.1) is 0 Å². The zero-order valence-corrected chi connectivity index (χ0v) is 9.96. The number of carboxylic acids is 1. The van der Waals surface area contributed by atoms with Gasteiger partial charge in [0.25, 0.3) is 0 Å². The van der Waals surface area contributed by atoms with E-state index in [2.05, 4.69) is 5.32 Å². The number of primary amides is 1. The number of carboxylic acid groups (broad SMARTS) is 1. The number of benzene rings is 1. The fourth-order valence-electron chi connectivity index (χ4n) is 1.54. The maximum Gasteiger partial charge on any atom is 0.342 e. The van der Waals surface area contributed by atoms with E-state index in [1.165, 1.54) is 12.1 Å². The Morgan fingerprint density at radius 2 is 2.11 bits per heavy atom. The first kappa shape index (κ1) is 14.4. The number of para-hydroxylation sites is 1. The van der Waals surface area contributed by atoms with Crippen LogP contribution in [0.25, 0.3) is 0 Å². The fourth-order valence-corrected chi connectivity index (χ4v) is 1.54. The molecule has 0 aliphatic rings. The van der Waals surface area contributed by atoms with Crippen LogP contribution in [0.3, 0.4) is 0 Å². The average molecular weight is 267 g/mol. The van der Waals surface area contributed by atoms with Crippen molar-refractivity contribution in [1.82, 2.24) is 0 Å². The molecule has 0 saturated carbocycles. The van der Waals surface area contributed by atoms with Crippen LogP contribution in [0.4, 0.5) is 11.4 Å². The fraction of sp³-hybridized carbons (Fsp3) is 0.273. The molecule has 1 rings (SSSR count). The lowest BCUT2D eigenvalue weighted by Crippen LogP contribution is -2.13. The van der Waals surface area contributed by atoms with Crippen molar-refractivity contribution >= 4 is 23.3 Å². The molecule has 0 heterocycles. The molecule has 0 aliphatic heterocycles. The number of nitro benzene ring substituents is 1. The van der Waals surface area contributed by atoms with Crippen molar-refractivity contribution in [3.05, 3.63) is 33.9 Å². The highest BCUT2D eigenvalue weighted by atomic mass is 16.6. The van der Waals surface area contributed by atoms with Crippen LogP contribution in [-0.4, -0.2) is 28.5 Å². The second-order valence-corrected chi connectivity index (χ2v) is 3.76. The number of anilines is 1. The van der Waals surface area contributed by atoms with Gasteiger partial charge < -0.3 is 16.2 Å². The zero-order valence-electron chi connectivity index (χ0n) is 9.96. The van der Waals surface area contributed by atoms with E-state index in [1.54, 1.807) is 0 Å². The molecule has 0 saturated heterocycles. The van der Waals surface area contributed by atoms with Crippen LogP contribution in [0.5, 0.6) is 0 Å². The highest BCUT2D eigenvalue weighted by Crippen LogP contribution is 2.28. The molecular weight excluding hydrogens is 254 g/mol. The minimum Gasteiger partial charge on any atom is -0.477 e. The van der Waals surface area contributed by atoms with Crippen molar-refractivity contribution in [2.75, 3.05) is 11.9 Å². The third-order valence-electron chi connectivity index (χ3n) is 2.36. The summed E-state index contributed by atoms with van der Waals surface area (Å²) in [5, 5.41) is 22.5. The number of nitrogens with one attached hydrogen (secondary N) is 1. The van der Waals surface area contributed by atoms with Gasteiger partial charge in [0, 0.05) is 13.0 Å². The molecule has 0 spiro atoms. The molecule has 19 heavy (non-hydrogen) atoms. The molecule has 102 valence electrons. The van der Waals surface area contributed by atoms with E-state index < -0.39 is 22.5 Å². The van der Waals surface area contributed by atoms with E-state index in [-0.39, 0.29) is 24.2 Å². The van der Waals surface area contributed by atoms with E-state index in [0.717, 1.165) is 6.07 Å². The minimum atomic E-state index is -1.37. The molecular formula is C11H13N3O5. The predicted octanol–water partition coefficient (Wildman–Crippen LogP) is 0.970. The van der Waals surface area contributed by atoms with Gasteiger partial charge in [0.1, 0.15) is 11.3 Å². The van der Waals surface area contributed by atoms with Crippen molar-refractivity contribution < 1.29 is 19.6 Å². The van der Waals surface area contributed by atoms with Crippen LogP contribution in [0.1, 0.15) is 23.2 Å². The lowest BCUT2D eigenvalue weighted by molar-refractivity contribution is -0.384. The number of hydrogen-bond donors (Lipinski definition) is 3. The van der Waals surface area contributed by atoms with Gasteiger partial charge in [0.15, 0.2) is 0 Å². The predicted molar refractivity (Wildman–Crippen MR) is 67.0 cm³/mol. The molecule has 1 amide bonds. The average Bonchev–Trinajstić information content (AvgIpc) is 2.33. The van der Waals surface area contributed by atoms with Gasteiger partial charge in [-0.2, -0.15) is 0 Å². The quantitative estimate of drug-likeness (QED) is 0.382. The number of hydrogen-bond acceptors (Lipinski definition) is 5. The number of nitro groups is 1. The highest BCUT2D eigenvalue weighted by Gasteiger charge is 2.23. The maximum atomic E-state index is 10.9. The summed E-state index contributed by atoms with van der Waals surface area (Å²) in [5.74, 6) is -1.83. The number of carbonyl (C=O) groups excluding carboxylic acids is 1. The first-order chi connectivity index (χ1) is 8.93. The number of carbonyl (C=O) groups is 2. The van der Waals surface area contributed by atoms with Gasteiger partial charge in [0.05, 0.1) is 4.92 Å². The molecule has 0 bridgehead atoms. The van der Waals surface area contributed by atoms with Crippen LogP contribution >= 0.6 is 0 Å². The molecule has 4 N–H and O–H groups in total. The molecule has 0 radical (unpaired) electrons. The number of nitrogens with two attached hydrogens (primary N) is 1. The van der Waals surface area contributed by atoms with Gasteiger partial charge in [0.2, 0.25) is 5.91 Å². The molecule has 0 unspecified atom stereocenters. The third kappa shape index (κ3) is 3.95. The number of aromatic carboxylic acids is 1. The Bertz CT molecular complexity index is 515. The second kappa shape index (κ2) is 6.34. The van der Waals surface area contributed by atoms with Gasteiger partial charge in [-0.3, -0.25) is 14.9 Å². The second-order valence-electron chi connectivity index (χ2n) is 3.76. The molecule has 1 aromatic carbocycles. The zero-order chi connectivity index (χ0) is 14.4. The van der Waals surface area contributed by atoms with Crippen molar-refractivity contribution in [2.45, 2.75) is 12.8 Å². The number of amides is 1. The van der Waals surface area contributed by atoms with Crippen molar-refractivity contribution in [1.29, 1.82) is 0 Å². The molecule has 0 atom stereocenters. The van der Waals surface area contributed by atoms with Crippen molar-refractivity contribution in [3.63, 3.8) is 0 Å². The van der Waals surface area contributed by atoms with Crippen LogP contribution in [-0.2, 0) is 4.79 Å². The smallest absolute Gasteiger partial charge is 0.342 e. The summed E-state index contributed by atoms with van der Waals surface area (Å²) in [4.78, 5) is 31.6.